The maximum atomic E-state index is 13.8. The summed E-state index contributed by atoms with van der Waals surface area (Å²) >= 11 is 0. The Morgan fingerprint density at radius 1 is 1.15 bits per heavy atom. The largest absolute Gasteiger partial charge is 0.494 e. The van der Waals surface area contributed by atoms with Gasteiger partial charge in [0.05, 0.1) is 13.7 Å². The summed E-state index contributed by atoms with van der Waals surface area (Å²) in [5, 5.41) is 2.80. The molecule has 0 spiro atoms. The fourth-order valence-electron chi connectivity index (χ4n) is 2.64. The second kappa shape index (κ2) is 9.87. The summed E-state index contributed by atoms with van der Waals surface area (Å²) in [6.07, 6.45) is 0.439. The number of halogens is 2. The Labute approximate surface area is 152 Å². The van der Waals surface area contributed by atoms with Gasteiger partial charge in [0.15, 0.2) is 11.6 Å². The van der Waals surface area contributed by atoms with Gasteiger partial charge in [0.2, 0.25) is 5.91 Å². The van der Waals surface area contributed by atoms with Crippen molar-refractivity contribution in [2.24, 2.45) is 0 Å². The zero-order valence-electron chi connectivity index (χ0n) is 15.1. The van der Waals surface area contributed by atoms with Crippen molar-refractivity contribution in [3.8, 4) is 5.75 Å². The average molecular weight is 362 g/mol. The number of methoxy groups -OCH3 is 1. The van der Waals surface area contributed by atoms with Crippen LogP contribution in [-0.2, 0) is 17.8 Å². The molecule has 140 valence electrons. The zero-order valence-corrected chi connectivity index (χ0v) is 15.1. The van der Waals surface area contributed by atoms with Crippen molar-refractivity contribution in [1.82, 2.24) is 10.2 Å². The number of hydrogen-bond donors (Lipinski definition) is 1. The number of ether oxygens (including phenoxy) is 1. The number of rotatable bonds is 9. The van der Waals surface area contributed by atoms with E-state index in [1.165, 1.54) is 19.2 Å². The van der Waals surface area contributed by atoms with Gasteiger partial charge in [0.1, 0.15) is 5.82 Å². The highest BCUT2D eigenvalue weighted by molar-refractivity contribution is 5.78. The minimum Gasteiger partial charge on any atom is -0.494 e. The van der Waals surface area contributed by atoms with E-state index in [2.05, 4.69) is 5.32 Å². The van der Waals surface area contributed by atoms with Crippen molar-refractivity contribution >= 4 is 5.91 Å². The quantitative estimate of drug-likeness (QED) is 0.745. The molecule has 0 aliphatic heterocycles. The van der Waals surface area contributed by atoms with Gasteiger partial charge in [0, 0.05) is 13.1 Å². The van der Waals surface area contributed by atoms with Crippen LogP contribution in [0.2, 0.25) is 0 Å². The first-order valence-corrected chi connectivity index (χ1v) is 8.58. The minimum atomic E-state index is -0.421. The van der Waals surface area contributed by atoms with Crippen molar-refractivity contribution < 1.29 is 18.3 Å². The second-order valence-electron chi connectivity index (χ2n) is 5.96. The van der Waals surface area contributed by atoms with Crippen molar-refractivity contribution in [3.05, 3.63) is 65.2 Å². The normalized spacial score (nSPS) is 10.8. The first-order chi connectivity index (χ1) is 12.5. The van der Waals surface area contributed by atoms with Gasteiger partial charge in [-0.2, -0.15) is 0 Å². The standard InChI is InChI=1S/C20H24F2N2O2/c1-3-24(13-15-8-9-19(26-2)18(22)12-15)14-20(25)23-11-10-16-6-4-5-7-17(16)21/h4-9,12H,3,10-11,13-14H2,1-2H3,(H,23,25). The van der Waals surface area contributed by atoms with Gasteiger partial charge in [0.25, 0.3) is 0 Å². The number of carbonyl (C=O) groups excluding carboxylic acids is 1. The van der Waals surface area contributed by atoms with E-state index in [9.17, 15) is 13.6 Å². The molecule has 6 heteroatoms. The lowest BCUT2D eigenvalue weighted by Crippen LogP contribution is -2.37. The fraction of sp³-hybridized carbons (Fsp3) is 0.350. The van der Waals surface area contributed by atoms with Crippen LogP contribution in [0.3, 0.4) is 0 Å². The fourth-order valence-corrected chi connectivity index (χ4v) is 2.64. The summed E-state index contributed by atoms with van der Waals surface area (Å²) in [6.45, 7) is 3.61. The van der Waals surface area contributed by atoms with E-state index in [-0.39, 0.29) is 24.0 Å². The Bertz CT molecular complexity index is 738. The highest BCUT2D eigenvalue weighted by Crippen LogP contribution is 2.18. The smallest absolute Gasteiger partial charge is 0.234 e. The number of carbonyl (C=O) groups is 1. The van der Waals surface area contributed by atoms with Crippen molar-refractivity contribution in [3.63, 3.8) is 0 Å². The number of hydrogen-bond acceptors (Lipinski definition) is 3. The van der Waals surface area contributed by atoms with Crippen LogP contribution in [0.4, 0.5) is 8.78 Å². The van der Waals surface area contributed by atoms with Crippen LogP contribution in [0.5, 0.6) is 5.75 Å². The van der Waals surface area contributed by atoms with E-state index in [0.29, 0.717) is 31.6 Å². The summed E-state index contributed by atoms with van der Waals surface area (Å²) in [5.41, 5.74) is 1.35. The summed E-state index contributed by atoms with van der Waals surface area (Å²) in [5.74, 6) is -0.631. The number of benzene rings is 2. The van der Waals surface area contributed by atoms with Gasteiger partial charge in [-0.1, -0.05) is 31.2 Å². The molecule has 0 saturated carbocycles. The highest BCUT2D eigenvalue weighted by atomic mass is 19.1. The maximum absolute atomic E-state index is 13.8. The Balaban J connectivity index is 1.82. The van der Waals surface area contributed by atoms with Gasteiger partial charge in [-0.3, -0.25) is 9.69 Å². The molecule has 2 rings (SSSR count). The van der Waals surface area contributed by atoms with E-state index >= 15 is 0 Å². The third-order valence-corrected chi connectivity index (χ3v) is 4.11. The van der Waals surface area contributed by atoms with Crippen LogP contribution >= 0.6 is 0 Å². The summed E-state index contributed by atoms with van der Waals surface area (Å²) in [4.78, 5) is 14.0. The Morgan fingerprint density at radius 3 is 2.58 bits per heavy atom. The topological polar surface area (TPSA) is 41.6 Å². The van der Waals surface area contributed by atoms with E-state index in [1.54, 1.807) is 30.3 Å². The van der Waals surface area contributed by atoms with Crippen molar-refractivity contribution in [2.45, 2.75) is 19.9 Å². The third-order valence-electron chi connectivity index (χ3n) is 4.11. The molecule has 0 atom stereocenters. The first-order valence-electron chi connectivity index (χ1n) is 8.58. The van der Waals surface area contributed by atoms with Crippen LogP contribution in [0.1, 0.15) is 18.1 Å². The molecule has 0 aromatic heterocycles. The van der Waals surface area contributed by atoms with Gasteiger partial charge in [-0.15, -0.1) is 0 Å². The average Bonchev–Trinajstić information content (AvgIpc) is 2.63. The van der Waals surface area contributed by atoms with Crippen LogP contribution in [0, 0.1) is 11.6 Å². The number of nitrogens with zero attached hydrogens (tertiary/aromatic N) is 1. The summed E-state index contributed by atoms with van der Waals surface area (Å²) in [6, 6.07) is 11.3. The highest BCUT2D eigenvalue weighted by Gasteiger charge is 2.11. The Morgan fingerprint density at radius 2 is 1.92 bits per heavy atom. The molecule has 0 radical (unpaired) electrons. The van der Waals surface area contributed by atoms with Crippen LogP contribution in [-0.4, -0.2) is 37.6 Å². The molecular weight excluding hydrogens is 338 g/mol. The van der Waals surface area contributed by atoms with Gasteiger partial charge in [-0.05, 0) is 42.3 Å². The molecule has 0 aliphatic carbocycles. The predicted octanol–water partition coefficient (Wildman–Crippen LogP) is 3.15. The van der Waals surface area contributed by atoms with E-state index in [4.69, 9.17) is 4.74 Å². The maximum Gasteiger partial charge on any atom is 0.234 e. The second-order valence-corrected chi connectivity index (χ2v) is 5.96. The molecule has 0 saturated heterocycles. The summed E-state index contributed by atoms with van der Waals surface area (Å²) in [7, 11) is 1.42. The van der Waals surface area contributed by atoms with Gasteiger partial charge >= 0.3 is 0 Å². The van der Waals surface area contributed by atoms with Gasteiger partial charge in [-0.25, -0.2) is 8.78 Å². The molecule has 0 bridgehead atoms. The van der Waals surface area contributed by atoms with Crippen LogP contribution in [0.25, 0.3) is 0 Å². The third kappa shape index (κ3) is 5.81. The predicted molar refractivity (Wildman–Crippen MR) is 97.0 cm³/mol. The Hall–Kier alpha value is -2.47. The van der Waals surface area contributed by atoms with E-state index < -0.39 is 5.82 Å². The number of nitrogens with one attached hydrogen (secondary N) is 1. The first kappa shape index (κ1) is 19.8. The summed E-state index contributed by atoms with van der Waals surface area (Å²) < 4.78 is 32.2. The van der Waals surface area contributed by atoms with Crippen LogP contribution in [0.15, 0.2) is 42.5 Å². The van der Waals surface area contributed by atoms with E-state index in [1.807, 2.05) is 11.8 Å². The van der Waals surface area contributed by atoms with E-state index in [0.717, 1.165) is 5.56 Å². The number of amides is 1. The lowest BCUT2D eigenvalue weighted by Gasteiger charge is -2.20. The molecule has 0 heterocycles. The van der Waals surface area contributed by atoms with Crippen molar-refractivity contribution in [2.75, 3.05) is 26.7 Å². The molecular formula is C20H24F2N2O2. The van der Waals surface area contributed by atoms with Gasteiger partial charge < -0.3 is 10.1 Å². The van der Waals surface area contributed by atoms with Crippen LogP contribution < -0.4 is 10.1 Å². The van der Waals surface area contributed by atoms with Crippen molar-refractivity contribution in [1.29, 1.82) is 0 Å². The molecule has 26 heavy (non-hydrogen) atoms. The lowest BCUT2D eigenvalue weighted by molar-refractivity contribution is -0.122. The molecule has 1 amide bonds. The molecule has 0 fully saturated rings. The monoisotopic (exact) mass is 362 g/mol. The molecule has 2 aromatic carbocycles. The molecule has 1 N–H and O–H groups in total. The molecule has 0 aliphatic rings. The SMILES string of the molecule is CCN(CC(=O)NCCc1ccccc1F)Cc1ccc(OC)c(F)c1. The number of likely N-dealkylation sites (N-methyl/N-ethyl adjacent to an activating group) is 1. The lowest BCUT2D eigenvalue weighted by atomic mass is 10.1. The molecule has 2 aromatic rings. The zero-order chi connectivity index (χ0) is 18.9. The molecule has 4 nitrogen and oxygen atoms in total. The Kier molecular flexibility index (Phi) is 7.53. The minimum absolute atomic E-state index is 0.142. The molecule has 0 unspecified atom stereocenters.